The first-order valence-corrected chi connectivity index (χ1v) is 8.35. The van der Waals surface area contributed by atoms with Crippen LogP contribution in [0.2, 0.25) is 5.02 Å². The van der Waals surface area contributed by atoms with Gasteiger partial charge in [-0.15, -0.1) is 11.3 Å². The normalized spacial score (nSPS) is 10.6. The second-order valence-corrected chi connectivity index (χ2v) is 6.89. The molecule has 5 nitrogen and oxygen atoms in total. The maximum Gasteiger partial charge on any atom is 0.257 e. The van der Waals surface area contributed by atoms with Crippen LogP contribution in [0.5, 0.6) is 0 Å². The van der Waals surface area contributed by atoms with Crippen molar-refractivity contribution in [1.29, 1.82) is 0 Å². The maximum absolute atomic E-state index is 12.3. The first-order valence-electron chi connectivity index (χ1n) is 7.15. The van der Waals surface area contributed by atoms with Crippen LogP contribution in [-0.4, -0.2) is 15.5 Å². The van der Waals surface area contributed by atoms with E-state index >= 15 is 0 Å². The molecule has 0 aliphatic heterocycles. The van der Waals surface area contributed by atoms with Crippen LogP contribution in [0.15, 0.2) is 47.4 Å². The Labute approximate surface area is 147 Å². The average molecular weight is 360 g/mol. The first kappa shape index (κ1) is 16.4. The molecule has 0 aliphatic carbocycles. The van der Waals surface area contributed by atoms with Gasteiger partial charge in [0.15, 0.2) is 5.13 Å². The lowest BCUT2D eigenvalue weighted by Crippen LogP contribution is -2.19. The second-order valence-electron chi connectivity index (χ2n) is 5.25. The van der Waals surface area contributed by atoms with Crippen molar-refractivity contribution in [2.75, 3.05) is 5.32 Å². The molecule has 1 aromatic carbocycles. The van der Waals surface area contributed by atoms with Gasteiger partial charge in [0.25, 0.3) is 11.5 Å². The molecule has 0 radical (unpaired) electrons. The van der Waals surface area contributed by atoms with Crippen LogP contribution in [0.25, 0.3) is 11.3 Å². The van der Waals surface area contributed by atoms with E-state index in [4.69, 9.17) is 11.6 Å². The molecule has 0 aliphatic rings. The summed E-state index contributed by atoms with van der Waals surface area (Å²) in [4.78, 5) is 29.4. The molecule has 2 heterocycles. The second kappa shape index (κ2) is 6.59. The Morgan fingerprint density at radius 2 is 1.96 bits per heavy atom. The van der Waals surface area contributed by atoms with E-state index < -0.39 is 0 Å². The van der Waals surface area contributed by atoms with Crippen molar-refractivity contribution in [3.63, 3.8) is 0 Å². The van der Waals surface area contributed by atoms with Crippen molar-refractivity contribution in [3.8, 4) is 11.3 Å². The summed E-state index contributed by atoms with van der Waals surface area (Å²) in [5, 5.41) is 3.89. The number of carbonyl (C=O) groups is 1. The first-order chi connectivity index (χ1) is 11.4. The van der Waals surface area contributed by atoms with Gasteiger partial charge in [-0.3, -0.25) is 14.9 Å². The lowest BCUT2D eigenvalue weighted by Gasteiger charge is -2.02. The van der Waals surface area contributed by atoms with Gasteiger partial charge >= 0.3 is 0 Å². The number of anilines is 1. The molecule has 0 unspecified atom stereocenters. The highest BCUT2D eigenvalue weighted by Crippen LogP contribution is 2.31. The van der Waals surface area contributed by atoms with Gasteiger partial charge in [-0.25, -0.2) is 4.98 Å². The minimum atomic E-state index is -0.357. The molecule has 1 amide bonds. The molecule has 24 heavy (non-hydrogen) atoms. The number of halogens is 1. The zero-order chi connectivity index (χ0) is 17.3. The maximum atomic E-state index is 12.3. The summed E-state index contributed by atoms with van der Waals surface area (Å²) in [6.45, 7) is 1.94. The van der Waals surface area contributed by atoms with Crippen LogP contribution in [-0.2, 0) is 7.05 Å². The Hall–Kier alpha value is -2.44. The predicted molar refractivity (Wildman–Crippen MR) is 96.9 cm³/mol. The van der Waals surface area contributed by atoms with E-state index in [-0.39, 0.29) is 11.5 Å². The van der Waals surface area contributed by atoms with Gasteiger partial charge in [-0.1, -0.05) is 23.7 Å². The molecule has 0 saturated heterocycles. The number of thiazole rings is 1. The third-order valence-electron chi connectivity index (χ3n) is 3.50. The molecule has 3 aromatic rings. The SMILES string of the molecule is Cc1sc(NC(=O)c2ccn(C)c(=O)c2)nc1-c1ccc(Cl)cc1. The number of nitrogens with zero attached hydrogens (tertiary/aromatic N) is 2. The molecule has 0 bridgehead atoms. The Morgan fingerprint density at radius 3 is 2.62 bits per heavy atom. The summed E-state index contributed by atoms with van der Waals surface area (Å²) in [5.41, 5.74) is 1.80. The van der Waals surface area contributed by atoms with Gasteiger partial charge in [0.1, 0.15) is 0 Å². The van der Waals surface area contributed by atoms with Gasteiger partial charge in [0.05, 0.1) is 5.69 Å². The molecular weight excluding hydrogens is 346 g/mol. The van der Waals surface area contributed by atoms with Crippen molar-refractivity contribution < 1.29 is 4.79 Å². The van der Waals surface area contributed by atoms with Gasteiger partial charge in [-0.05, 0) is 25.1 Å². The Kier molecular flexibility index (Phi) is 4.51. The Balaban J connectivity index is 1.84. The monoisotopic (exact) mass is 359 g/mol. The summed E-state index contributed by atoms with van der Waals surface area (Å²) >= 11 is 7.29. The summed E-state index contributed by atoms with van der Waals surface area (Å²) in [7, 11) is 1.63. The number of hydrogen-bond donors (Lipinski definition) is 1. The topological polar surface area (TPSA) is 64.0 Å². The molecule has 3 rings (SSSR count). The van der Waals surface area contributed by atoms with E-state index in [1.54, 1.807) is 31.4 Å². The van der Waals surface area contributed by atoms with Crippen LogP contribution in [0, 0.1) is 6.92 Å². The highest BCUT2D eigenvalue weighted by atomic mass is 35.5. The summed E-state index contributed by atoms with van der Waals surface area (Å²) in [6.07, 6.45) is 1.56. The number of rotatable bonds is 3. The fraction of sp³-hybridized carbons (Fsp3) is 0.118. The fourth-order valence-corrected chi connectivity index (χ4v) is 3.14. The number of amides is 1. The van der Waals surface area contributed by atoms with Crippen LogP contribution >= 0.6 is 22.9 Å². The van der Waals surface area contributed by atoms with Crippen LogP contribution in [0.4, 0.5) is 5.13 Å². The largest absolute Gasteiger partial charge is 0.319 e. The van der Waals surface area contributed by atoms with Crippen LogP contribution in [0.3, 0.4) is 0 Å². The van der Waals surface area contributed by atoms with Crippen molar-refractivity contribution in [2.24, 2.45) is 7.05 Å². The average Bonchev–Trinajstić information content (AvgIpc) is 2.91. The van der Waals surface area contributed by atoms with Gasteiger partial charge in [0.2, 0.25) is 0 Å². The lowest BCUT2D eigenvalue weighted by molar-refractivity contribution is 0.102. The zero-order valence-electron chi connectivity index (χ0n) is 13.0. The molecule has 122 valence electrons. The number of aromatic nitrogens is 2. The third-order valence-corrected chi connectivity index (χ3v) is 4.64. The van der Waals surface area contributed by atoms with Crippen molar-refractivity contribution in [1.82, 2.24) is 9.55 Å². The predicted octanol–water partition coefficient (Wildman–Crippen LogP) is 3.72. The highest BCUT2D eigenvalue weighted by Gasteiger charge is 2.13. The van der Waals surface area contributed by atoms with E-state index in [9.17, 15) is 9.59 Å². The van der Waals surface area contributed by atoms with Gasteiger partial charge < -0.3 is 4.57 Å². The summed E-state index contributed by atoms with van der Waals surface area (Å²) < 4.78 is 1.41. The summed E-state index contributed by atoms with van der Waals surface area (Å²) in [6, 6.07) is 10.3. The number of aryl methyl sites for hydroxylation is 2. The molecular formula is C17H14ClN3O2S. The van der Waals surface area contributed by atoms with Crippen LogP contribution < -0.4 is 10.9 Å². The number of pyridine rings is 1. The van der Waals surface area contributed by atoms with E-state index in [0.29, 0.717) is 15.7 Å². The molecule has 0 atom stereocenters. The number of benzene rings is 1. The van der Waals surface area contributed by atoms with Crippen molar-refractivity contribution in [2.45, 2.75) is 6.92 Å². The van der Waals surface area contributed by atoms with Gasteiger partial charge in [-0.2, -0.15) is 0 Å². The standard InChI is InChI=1S/C17H14ClN3O2S/c1-10-15(11-3-5-13(18)6-4-11)19-17(24-10)20-16(23)12-7-8-21(2)14(22)9-12/h3-9H,1-2H3,(H,19,20,23). The lowest BCUT2D eigenvalue weighted by atomic mass is 10.1. The van der Waals surface area contributed by atoms with Gasteiger partial charge in [0, 0.05) is 40.3 Å². The third kappa shape index (κ3) is 3.39. The van der Waals surface area contributed by atoms with Crippen LogP contribution in [0.1, 0.15) is 15.2 Å². The summed E-state index contributed by atoms with van der Waals surface area (Å²) in [5.74, 6) is -0.357. The Morgan fingerprint density at radius 1 is 1.25 bits per heavy atom. The fourth-order valence-electron chi connectivity index (χ4n) is 2.18. The smallest absolute Gasteiger partial charge is 0.257 e. The van der Waals surface area contributed by atoms with Crippen molar-refractivity contribution >= 4 is 34.0 Å². The minimum Gasteiger partial charge on any atom is -0.319 e. The highest BCUT2D eigenvalue weighted by molar-refractivity contribution is 7.16. The molecule has 0 spiro atoms. The number of carbonyl (C=O) groups excluding carboxylic acids is 1. The zero-order valence-corrected chi connectivity index (χ0v) is 14.6. The van der Waals surface area contributed by atoms with E-state index in [0.717, 1.165) is 16.1 Å². The molecule has 1 N–H and O–H groups in total. The number of hydrogen-bond acceptors (Lipinski definition) is 4. The van der Waals surface area contributed by atoms with Crippen molar-refractivity contribution in [3.05, 3.63) is 68.4 Å². The number of nitrogens with one attached hydrogen (secondary N) is 1. The molecule has 0 saturated carbocycles. The minimum absolute atomic E-state index is 0.236. The quantitative estimate of drug-likeness (QED) is 0.775. The van der Waals surface area contributed by atoms with E-state index in [2.05, 4.69) is 10.3 Å². The van der Waals surface area contributed by atoms with E-state index in [1.807, 2.05) is 19.1 Å². The molecule has 0 fully saturated rings. The Bertz CT molecular complexity index is 961. The molecule has 2 aromatic heterocycles. The molecule has 7 heteroatoms. The van der Waals surface area contributed by atoms with E-state index in [1.165, 1.54) is 22.0 Å².